The summed E-state index contributed by atoms with van der Waals surface area (Å²) in [6, 6.07) is 27.1. The molecule has 0 unspecified atom stereocenters. The van der Waals surface area contributed by atoms with Gasteiger partial charge in [0.1, 0.15) is 0 Å². The molecule has 0 fully saturated rings. The number of rotatable bonds is 2. The Balaban J connectivity index is 1.76. The van der Waals surface area contributed by atoms with Crippen molar-refractivity contribution < 1.29 is 9.47 Å². The zero-order chi connectivity index (χ0) is 19.1. The van der Waals surface area contributed by atoms with E-state index in [1.165, 1.54) is 0 Å². The van der Waals surface area contributed by atoms with Crippen LogP contribution in [0.3, 0.4) is 0 Å². The molecular weight excluding hydrogens is 370 g/mol. The fourth-order valence-electron chi connectivity index (χ4n) is 3.44. The molecule has 4 heteroatoms. The third-order valence-corrected chi connectivity index (χ3v) is 5.12. The molecule has 0 radical (unpaired) electrons. The highest BCUT2D eigenvalue weighted by atomic mass is 35.5. The fourth-order valence-corrected chi connectivity index (χ4v) is 3.68. The number of ether oxygens (including phenoxy) is 2. The summed E-state index contributed by atoms with van der Waals surface area (Å²) >= 11 is 6.52. The van der Waals surface area contributed by atoms with Gasteiger partial charge in [0.15, 0.2) is 23.0 Å². The minimum atomic E-state index is 0.645. The van der Waals surface area contributed by atoms with Crippen LogP contribution in [0.1, 0.15) is 0 Å². The van der Waals surface area contributed by atoms with Gasteiger partial charge in [0.2, 0.25) is 0 Å². The second-order valence-electron chi connectivity index (χ2n) is 6.56. The largest absolute Gasteiger partial charge is 0.449 e. The van der Waals surface area contributed by atoms with Gasteiger partial charge in [0.05, 0.1) is 0 Å². The zero-order valence-electron chi connectivity index (χ0n) is 14.9. The molecule has 0 aromatic heterocycles. The van der Waals surface area contributed by atoms with Crippen LogP contribution in [0.15, 0.2) is 84.9 Å². The van der Waals surface area contributed by atoms with E-state index in [0.717, 1.165) is 22.3 Å². The molecule has 5 rings (SSSR count). The van der Waals surface area contributed by atoms with Gasteiger partial charge in [-0.3, -0.25) is 0 Å². The third kappa shape index (κ3) is 2.77. The Hall–Kier alpha value is -3.43. The van der Waals surface area contributed by atoms with Crippen LogP contribution in [0.5, 0.6) is 23.0 Å². The Bertz CT molecular complexity index is 1110. The molecule has 0 atom stereocenters. The van der Waals surface area contributed by atoms with Crippen molar-refractivity contribution in [3.8, 4) is 45.3 Å². The summed E-state index contributed by atoms with van der Waals surface area (Å²) in [6.45, 7) is 0. The number of nitrogen functional groups attached to an aromatic ring is 1. The van der Waals surface area contributed by atoms with E-state index in [4.69, 9.17) is 26.8 Å². The Kier molecular flexibility index (Phi) is 3.96. The van der Waals surface area contributed by atoms with E-state index in [-0.39, 0.29) is 0 Å². The predicted molar refractivity (Wildman–Crippen MR) is 113 cm³/mol. The Morgan fingerprint density at radius 1 is 0.536 bits per heavy atom. The average Bonchev–Trinajstić information content (AvgIpc) is 2.72. The number of anilines is 1. The number of fused-ring (bicyclic) bond motifs is 2. The average molecular weight is 386 g/mol. The third-order valence-electron chi connectivity index (χ3n) is 4.79. The van der Waals surface area contributed by atoms with Crippen LogP contribution in [0.25, 0.3) is 22.3 Å². The van der Waals surface area contributed by atoms with Gasteiger partial charge >= 0.3 is 0 Å². The molecule has 136 valence electrons. The summed E-state index contributed by atoms with van der Waals surface area (Å²) in [7, 11) is 0. The molecule has 3 nitrogen and oxygen atoms in total. The summed E-state index contributed by atoms with van der Waals surface area (Å²) in [5.41, 5.74) is 10.7. The lowest BCUT2D eigenvalue weighted by Gasteiger charge is -2.23. The maximum atomic E-state index is 6.52. The lowest BCUT2D eigenvalue weighted by Crippen LogP contribution is -2.01. The standard InChI is InChI=1S/C24H16ClNO2/c25-19-9-3-1-7-15(19)17-13-23-24(28-22-12-6-5-11-21(22)27-23)14-18(17)16-8-2-4-10-20(16)26/h1-14H,26H2. The molecule has 0 saturated heterocycles. The zero-order valence-corrected chi connectivity index (χ0v) is 15.6. The smallest absolute Gasteiger partial charge is 0.170 e. The summed E-state index contributed by atoms with van der Waals surface area (Å²) in [4.78, 5) is 0. The number of para-hydroxylation sites is 3. The maximum Gasteiger partial charge on any atom is 0.170 e. The summed E-state index contributed by atoms with van der Waals surface area (Å²) in [6.07, 6.45) is 0. The number of hydrogen-bond donors (Lipinski definition) is 1. The number of halogens is 1. The quantitative estimate of drug-likeness (QED) is 0.328. The van der Waals surface area contributed by atoms with Crippen molar-refractivity contribution in [1.82, 2.24) is 0 Å². The van der Waals surface area contributed by atoms with E-state index in [9.17, 15) is 0 Å². The molecule has 1 heterocycles. The molecule has 0 spiro atoms. The topological polar surface area (TPSA) is 44.5 Å². The van der Waals surface area contributed by atoms with Gasteiger partial charge in [0.25, 0.3) is 0 Å². The van der Waals surface area contributed by atoms with Gasteiger partial charge in [-0.2, -0.15) is 0 Å². The molecule has 0 saturated carbocycles. The van der Waals surface area contributed by atoms with Crippen molar-refractivity contribution >= 4 is 17.3 Å². The van der Waals surface area contributed by atoms with E-state index >= 15 is 0 Å². The Morgan fingerprint density at radius 3 is 1.64 bits per heavy atom. The molecular formula is C24H16ClNO2. The first-order chi connectivity index (χ1) is 13.7. The SMILES string of the molecule is Nc1ccccc1-c1cc2c(cc1-c1ccccc1Cl)Oc1ccccc1O2. The second kappa shape index (κ2) is 6.63. The van der Waals surface area contributed by atoms with Crippen molar-refractivity contribution in [2.45, 2.75) is 0 Å². The van der Waals surface area contributed by atoms with E-state index in [1.54, 1.807) is 0 Å². The van der Waals surface area contributed by atoms with Crippen LogP contribution in [0.2, 0.25) is 5.02 Å². The van der Waals surface area contributed by atoms with E-state index in [0.29, 0.717) is 33.7 Å². The van der Waals surface area contributed by atoms with E-state index < -0.39 is 0 Å². The normalized spacial score (nSPS) is 11.8. The highest BCUT2D eigenvalue weighted by Gasteiger charge is 2.23. The molecule has 0 bridgehead atoms. The molecule has 1 aliphatic rings. The van der Waals surface area contributed by atoms with Gasteiger partial charge in [-0.05, 0) is 47.5 Å². The van der Waals surface area contributed by atoms with Gasteiger partial charge < -0.3 is 15.2 Å². The van der Waals surface area contributed by atoms with Gasteiger partial charge in [-0.1, -0.05) is 60.1 Å². The first-order valence-electron chi connectivity index (χ1n) is 8.93. The minimum absolute atomic E-state index is 0.645. The fraction of sp³-hybridized carbons (Fsp3) is 0. The van der Waals surface area contributed by atoms with E-state index in [1.807, 2.05) is 84.9 Å². The van der Waals surface area contributed by atoms with Crippen LogP contribution >= 0.6 is 11.6 Å². The minimum Gasteiger partial charge on any atom is -0.449 e. The lowest BCUT2D eigenvalue weighted by atomic mass is 9.92. The van der Waals surface area contributed by atoms with Gasteiger partial charge in [-0.15, -0.1) is 0 Å². The number of benzene rings is 4. The molecule has 4 aromatic carbocycles. The highest BCUT2D eigenvalue weighted by molar-refractivity contribution is 6.33. The second-order valence-corrected chi connectivity index (χ2v) is 6.97. The Morgan fingerprint density at radius 2 is 1.04 bits per heavy atom. The molecule has 0 aliphatic carbocycles. The molecule has 2 N–H and O–H groups in total. The van der Waals surface area contributed by atoms with Crippen molar-refractivity contribution in [3.05, 3.63) is 90.0 Å². The molecule has 28 heavy (non-hydrogen) atoms. The molecule has 1 aliphatic heterocycles. The molecule has 4 aromatic rings. The van der Waals surface area contributed by atoms with Crippen molar-refractivity contribution in [1.29, 1.82) is 0 Å². The lowest BCUT2D eigenvalue weighted by molar-refractivity contribution is 0.360. The van der Waals surface area contributed by atoms with Crippen LogP contribution in [-0.4, -0.2) is 0 Å². The monoisotopic (exact) mass is 385 g/mol. The van der Waals surface area contributed by atoms with Crippen LogP contribution in [0.4, 0.5) is 5.69 Å². The van der Waals surface area contributed by atoms with Crippen LogP contribution in [0, 0.1) is 0 Å². The van der Waals surface area contributed by atoms with Crippen molar-refractivity contribution in [2.24, 2.45) is 0 Å². The van der Waals surface area contributed by atoms with Crippen LogP contribution in [-0.2, 0) is 0 Å². The number of nitrogens with two attached hydrogens (primary N) is 1. The summed E-state index contributed by atoms with van der Waals surface area (Å²) in [5.74, 6) is 2.67. The first kappa shape index (κ1) is 16.7. The van der Waals surface area contributed by atoms with Gasteiger partial charge in [0, 0.05) is 21.8 Å². The molecule has 0 amide bonds. The van der Waals surface area contributed by atoms with Crippen molar-refractivity contribution in [3.63, 3.8) is 0 Å². The van der Waals surface area contributed by atoms with Gasteiger partial charge in [-0.25, -0.2) is 0 Å². The van der Waals surface area contributed by atoms with E-state index in [2.05, 4.69) is 0 Å². The maximum absolute atomic E-state index is 6.52. The summed E-state index contributed by atoms with van der Waals surface area (Å²) in [5, 5.41) is 0.662. The number of hydrogen-bond acceptors (Lipinski definition) is 3. The highest BCUT2D eigenvalue weighted by Crippen LogP contribution is 2.50. The summed E-state index contributed by atoms with van der Waals surface area (Å²) < 4.78 is 12.2. The predicted octanol–water partition coefficient (Wildman–Crippen LogP) is 7.15. The van der Waals surface area contributed by atoms with Crippen molar-refractivity contribution in [2.75, 3.05) is 5.73 Å². The Labute approximate surface area is 167 Å². The first-order valence-corrected chi connectivity index (χ1v) is 9.31. The van der Waals surface area contributed by atoms with Crippen LogP contribution < -0.4 is 15.2 Å².